The van der Waals surface area contributed by atoms with Crippen LogP contribution >= 0.6 is 0 Å². The Morgan fingerprint density at radius 1 is 0.412 bits per heavy atom. The van der Waals surface area contributed by atoms with Gasteiger partial charge >= 0.3 is 30.0 Å². The number of amides is 4. The Morgan fingerprint density at radius 2 is 0.667 bits per heavy atom. The molecule has 0 aliphatic heterocycles. The maximum Gasteiger partial charge on any atom is 0.335 e. The molecule has 0 saturated carbocycles. The smallest absolute Gasteiger partial charge is 0.335 e. The van der Waals surface area contributed by atoms with Crippen LogP contribution in [-0.4, -0.2) is 30.0 Å². The Labute approximate surface area is 292 Å². The first kappa shape index (κ1) is 36.2. The Kier molecular flexibility index (Phi) is 12.4. The fraction of sp³-hybridized carbons (Fsp3) is 0. The molecule has 14 heteroatoms. The molecule has 4 rings (SSSR count). The molecule has 0 aromatic heterocycles. The van der Waals surface area contributed by atoms with Crippen molar-refractivity contribution in [2.24, 2.45) is 0 Å². The van der Waals surface area contributed by atoms with Crippen LogP contribution < -0.4 is 46.1 Å². The van der Waals surface area contributed by atoms with Gasteiger partial charge in [0.15, 0.2) is 0 Å². The maximum atomic E-state index is 12.9. The molecule has 4 amide bonds. The quantitative estimate of drug-likeness (QED) is 0.0448. The summed E-state index contributed by atoms with van der Waals surface area (Å²) in [6.07, 6.45) is 3.12. The topological polar surface area (TPSA) is 185 Å². The number of hydrogen-bond acceptors (Lipinski definition) is 10. The number of benzene rings is 4. The van der Waals surface area contributed by atoms with Gasteiger partial charge in [-0.05, 0) is 91.0 Å². The first-order valence-corrected chi connectivity index (χ1v) is 14.9. The minimum absolute atomic E-state index is 0.270. The van der Waals surface area contributed by atoms with Crippen molar-refractivity contribution < 1.29 is 38.2 Å². The average Bonchev–Trinajstić information content (AvgIpc) is 3.10. The standard InChI is InChI=1S/C37H32N6O8/c1-5-33(44)49-30-14-8-24(9-15-30)38-23(4)39-27-20-28(42-36(47)40-25-10-16-31(17-11-25)50-34(45)6-2)22-29(21-27)43-37(48)41-26-12-18-32(19-13-26)51-35(46)7-3/h5-22,38-39H,1-4H2,(H2,40,42,47)(H2,41,43,48). The first-order valence-electron chi connectivity index (χ1n) is 14.9. The summed E-state index contributed by atoms with van der Waals surface area (Å²) in [5, 5.41) is 16.9. The molecule has 4 aromatic rings. The maximum absolute atomic E-state index is 12.9. The van der Waals surface area contributed by atoms with E-state index in [4.69, 9.17) is 14.2 Å². The lowest BCUT2D eigenvalue weighted by Gasteiger charge is -2.16. The summed E-state index contributed by atoms with van der Waals surface area (Å²) < 4.78 is 15.2. The molecule has 0 saturated heterocycles. The van der Waals surface area contributed by atoms with Gasteiger partial charge in [-0.15, -0.1) is 0 Å². The number of rotatable bonds is 14. The van der Waals surface area contributed by atoms with Gasteiger partial charge in [-0.25, -0.2) is 24.0 Å². The van der Waals surface area contributed by atoms with Gasteiger partial charge < -0.3 is 46.1 Å². The monoisotopic (exact) mass is 688 g/mol. The fourth-order valence-corrected chi connectivity index (χ4v) is 4.10. The lowest BCUT2D eigenvalue weighted by molar-refractivity contribution is -0.129. The van der Waals surface area contributed by atoms with Crippen molar-refractivity contribution in [2.75, 3.05) is 31.9 Å². The van der Waals surface area contributed by atoms with E-state index in [0.29, 0.717) is 45.7 Å². The molecular weight excluding hydrogens is 656 g/mol. The SMILES string of the molecule is C=CC(=O)Oc1ccc(NC(=C)Nc2cc(NC(=O)Nc3ccc(OC(=O)C=C)cc3)cc(NC(=O)Nc3ccc(OC(=O)C=C)cc3)c2)cc1. The molecule has 4 aromatic carbocycles. The Hall–Kier alpha value is -7.61. The fourth-order valence-electron chi connectivity index (χ4n) is 4.10. The molecule has 6 N–H and O–H groups in total. The van der Waals surface area contributed by atoms with Gasteiger partial charge in [-0.2, -0.15) is 0 Å². The molecule has 0 spiro atoms. The van der Waals surface area contributed by atoms with E-state index in [9.17, 15) is 24.0 Å². The van der Waals surface area contributed by atoms with Crippen molar-refractivity contribution in [2.45, 2.75) is 0 Å². The highest BCUT2D eigenvalue weighted by Gasteiger charge is 2.11. The van der Waals surface area contributed by atoms with Crippen molar-refractivity contribution >= 4 is 64.1 Å². The lowest BCUT2D eigenvalue weighted by Crippen LogP contribution is -2.21. The molecule has 14 nitrogen and oxygen atoms in total. The van der Waals surface area contributed by atoms with Crippen LogP contribution in [0.5, 0.6) is 17.2 Å². The third kappa shape index (κ3) is 11.9. The average molecular weight is 689 g/mol. The summed E-state index contributed by atoms with van der Waals surface area (Å²) in [4.78, 5) is 60.2. The minimum Gasteiger partial charge on any atom is -0.423 e. The molecule has 0 aliphatic carbocycles. The molecule has 0 bridgehead atoms. The number of esters is 3. The van der Waals surface area contributed by atoms with Gasteiger partial charge in [0.05, 0.1) is 0 Å². The molecule has 51 heavy (non-hydrogen) atoms. The van der Waals surface area contributed by atoms with E-state index in [0.717, 1.165) is 18.2 Å². The minimum atomic E-state index is -0.619. The number of hydrogen-bond donors (Lipinski definition) is 6. The second-order valence-corrected chi connectivity index (χ2v) is 10.1. The summed E-state index contributed by atoms with van der Waals surface area (Å²) in [6.45, 7) is 14.1. The molecule has 0 fully saturated rings. The Morgan fingerprint density at radius 3 is 0.980 bits per heavy atom. The Balaban J connectivity index is 1.47. The number of anilines is 6. The van der Waals surface area contributed by atoms with Gasteiger partial charge in [0, 0.05) is 52.4 Å². The van der Waals surface area contributed by atoms with Gasteiger partial charge in [0.1, 0.15) is 23.1 Å². The second-order valence-electron chi connectivity index (χ2n) is 10.1. The van der Waals surface area contributed by atoms with Crippen LogP contribution in [0.15, 0.2) is 141 Å². The number of carbonyl (C=O) groups is 5. The highest BCUT2D eigenvalue weighted by Crippen LogP contribution is 2.26. The highest BCUT2D eigenvalue weighted by molar-refractivity contribution is 6.03. The van der Waals surface area contributed by atoms with Gasteiger partial charge in [-0.1, -0.05) is 26.3 Å². The largest absolute Gasteiger partial charge is 0.423 e. The molecular formula is C37H32N6O8. The van der Waals surface area contributed by atoms with Gasteiger partial charge in [0.25, 0.3) is 0 Å². The zero-order valence-corrected chi connectivity index (χ0v) is 27.0. The van der Waals surface area contributed by atoms with Crippen LogP contribution in [0, 0.1) is 0 Å². The van der Waals surface area contributed by atoms with Crippen molar-refractivity contribution in [3.05, 3.63) is 141 Å². The van der Waals surface area contributed by atoms with Crippen LogP contribution in [-0.2, 0) is 14.4 Å². The molecule has 258 valence electrons. The molecule has 0 unspecified atom stereocenters. The number of ether oxygens (including phenoxy) is 3. The summed E-state index contributed by atoms with van der Waals surface area (Å²) in [5.74, 6) is -0.626. The van der Waals surface area contributed by atoms with Gasteiger partial charge in [-0.3, -0.25) is 0 Å². The van der Waals surface area contributed by atoms with E-state index in [-0.39, 0.29) is 11.5 Å². The number of urea groups is 2. The van der Waals surface area contributed by atoms with E-state index in [2.05, 4.69) is 58.2 Å². The summed E-state index contributed by atoms with van der Waals surface area (Å²) in [7, 11) is 0. The van der Waals surface area contributed by atoms with Crippen LogP contribution in [0.4, 0.5) is 43.7 Å². The van der Waals surface area contributed by atoms with E-state index in [1.807, 2.05) is 0 Å². The third-order valence-electron chi connectivity index (χ3n) is 6.27. The van der Waals surface area contributed by atoms with Gasteiger partial charge in [0.2, 0.25) is 0 Å². The van der Waals surface area contributed by atoms with Crippen molar-refractivity contribution in [3.8, 4) is 17.2 Å². The number of nitrogens with one attached hydrogen (secondary N) is 6. The summed E-state index contributed by atoms with van der Waals surface area (Å²) in [5.41, 5.74) is 2.45. The van der Waals surface area contributed by atoms with E-state index in [1.54, 1.807) is 60.7 Å². The van der Waals surface area contributed by atoms with E-state index in [1.165, 1.54) is 30.3 Å². The van der Waals surface area contributed by atoms with Crippen LogP contribution in [0.1, 0.15) is 0 Å². The lowest BCUT2D eigenvalue weighted by atomic mass is 10.2. The van der Waals surface area contributed by atoms with Crippen LogP contribution in [0.25, 0.3) is 0 Å². The molecule has 0 heterocycles. The zero-order chi connectivity index (χ0) is 36.8. The summed E-state index contributed by atoms with van der Waals surface area (Å²) in [6, 6.07) is 22.2. The van der Waals surface area contributed by atoms with Crippen molar-refractivity contribution in [1.29, 1.82) is 0 Å². The molecule has 0 atom stereocenters. The first-order chi connectivity index (χ1) is 24.5. The predicted molar refractivity (Wildman–Crippen MR) is 195 cm³/mol. The highest BCUT2D eigenvalue weighted by atomic mass is 16.5. The van der Waals surface area contributed by atoms with E-state index >= 15 is 0 Å². The van der Waals surface area contributed by atoms with Crippen LogP contribution in [0.3, 0.4) is 0 Å². The second kappa shape index (κ2) is 17.5. The van der Waals surface area contributed by atoms with E-state index < -0.39 is 30.0 Å². The third-order valence-corrected chi connectivity index (χ3v) is 6.27. The van der Waals surface area contributed by atoms with Crippen molar-refractivity contribution in [3.63, 3.8) is 0 Å². The predicted octanol–water partition coefficient (Wildman–Crippen LogP) is 7.24. The number of carbonyl (C=O) groups excluding carboxylic acids is 5. The van der Waals surface area contributed by atoms with Crippen LogP contribution in [0.2, 0.25) is 0 Å². The molecule has 0 radical (unpaired) electrons. The Bertz CT molecular complexity index is 1730. The molecule has 0 aliphatic rings. The summed E-state index contributed by atoms with van der Waals surface area (Å²) >= 11 is 0. The van der Waals surface area contributed by atoms with Crippen molar-refractivity contribution in [1.82, 2.24) is 0 Å². The zero-order valence-electron chi connectivity index (χ0n) is 27.0. The normalized spacial score (nSPS) is 9.88.